The van der Waals surface area contributed by atoms with E-state index >= 15 is 0 Å². The Morgan fingerprint density at radius 3 is 2.45 bits per heavy atom. The van der Waals surface area contributed by atoms with Gasteiger partial charge in [0.15, 0.2) is 0 Å². The lowest BCUT2D eigenvalue weighted by atomic mass is 9.67. The zero-order chi connectivity index (χ0) is 15.2. The molecule has 0 bridgehead atoms. The van der Waals surface area contributed by atoms with Crippen LogP contribution in [-0.4, -0.2) is 21.8 Å². The molecule has 1 saturated carbocycles. The summed E-state index contributed by atoms with van der Waals surface area (Å²) in [5.74, 6) is 2.09. The minimum absolute atomic E-state index is 0.349. The lowest BCUT2D eigenvalue weighted by molar-refractivity contribution is 0.133. The SMILES string of the molecule is CCCCCS(=O)C1CC(C(C)(C)CC)CCC1CN. The first kappa shape index (κ1) is 18.2. The van der Waals surface area contributed by atoms with Crippen LogP contribution in [0.2, 0.25) is 0 Å². The van der Waals surface area contributed by atoms with Crippen LogP contribution < -0.4 is 5.73 Å². The van der Waals surface area contributed by atoms with Crippen LogP contribution in [0.15, 0.2) is 0 Å². The van der Waals surface area contributed by atoms with Crippen LogP contribution in [0.1, 0.15) is 72.6 Å². The fraction of sp³-hybridized carbons (Fsp3) is 1.00. The summed E-state index contributed by atoms with van der Waals surface area (Å²) < 4.78 is 12.7. The summed E-state index contributed by atoms with van der Waals surface area (Å²) >= 11 is 0. The first-order valence-corrected chi connectivity index (χ1v) is 9.91. The molecule has 0 saturated heterocycles. The maximum atomic E-state index is 12.7. The van der Waals surface area contributed by atoms with Gasteiger partial charge in [0.1, 0.15) is 0 Å². The van der Waals surface area contributed by atoms with Crippen molar-refractivity contribution in [3.8, 4) is 0 Å². The van der Waals surface area contributed by atoms with Crippen LogP contribution in [0.25, 0.3) is 0 Å². The fourth-order valence-electron chi connectivity index (χ4n) is 3.43. The molecule has 2 nitrogen and oxygen atoms in total. The second-order valence-corrected chi connectivity index (χ2v) is 8.95. The average Bonchev–Trinajstić information content (AvgIpc) is 2.46. The van der Waals surface area contributed by atoms with Crippen molar-refractivity contribution in [3.05, 3.63) is 0 Å². The molecule has 0 heterocycles. The molecular formula is C17H35NOS. The maximum Gasteiger partial charge on any atom is 0.0391 e. The summed E-state index contributed by atoms with van der Waals surface area (Å²) in [6.45, 7) is 9.94. The molecule has 1 aliphatic rings. The van der Waals surface area contributed by atoms with Crippen LogP contribution in [0.4, 0.5) is 0 Å². The summed E-state index contributed by atoms with van der Waals surface area (Å²) in [6, 6.07) is 0. The van der Waals surface area contributed by atoms with Gasteiger partial charge in [0.25, 0.3) is 0 Å². The molecule has 1 aliphatic carbocycles. The van der Waals surface area contributed by atoms with E-state index in [1.54, 1.807) is 0 Å². The van der Waals surface area contributed by atoms with E-state index in [1.807, 2.05) is 0 Å². The number of nitrogens with two attached hydrogens (primary N) is 1. The average molecular weight is 302 g/mol. The van der Waals surface area contributed by atoms with E-state index in [-0.39, 0.29) is 0 Å². The highest BCUT2D eigenvalue weighted by molar-refractivity contribution is 7.85. The van der Waals surface area contributed by atoms with Crippen LogP contribution in [0, 0.1) is 17.3 Å². The van der Waals surface area contributed by atoms with Gasteiger partial charge in [-0.05, 0) is 49.5 Å². The van der Waals surface area contributed by atoms with Crippen molar-refractivity contribution in [3.63, 3.8) is 0 Å². The van der Waals surface area contributed by atoms with Crippen LogP contribution in [0.5, 0.6) is 0 Å². The van der Waals surface area contributed by atoms with Crippen molar-refractivity contribution in [1.82, 2.24) is 0 Å². The third-order valence-electron chi connectivity index (χ3n) is 5.53. The smallest absolute Gasteiger partial charge is 0.0391 e. The number of unbranched alkanes of at least 4 members (excludes halogenated alkanes) is 2. The minimum Gasteiger partial charge on any atom is -0.330 e. The Labute approximate surface area is 128 Å². The first-order valence-electron chi connectivity index (χ1n) is 8.53. The Balaban J connectivity index is 2.65. The van der Waals surface area contributed by atoms with Crippen molar-refractivity contribution in [2.45, 2.75) is 77.9 Å². The highest BCUT2D eigenvalue weighted by atomic mass is 32.2. The summed E-state index contributed by atoms with van der Waals surface area (Å²) in [7, 11) is -0.675. The first-order chi connectivity index (χ1) is 9.46. The van der Waals surface area contributed by atoms with Crippen LogP contribution in [-0.2, 0) is 10.8 Å². The van der Waals surface area contributed by atoms with E-state index in [0.29, 0.717) is 23.1 Å². The Kier molecular flexibility index (Phi) is 7.74. The van der Waals surface area contributed by atoms with Crippen molar-refractivity contribution < 1.29 is 4.21 Å². The molecule has 0 aliphatic heterocycles. The standard InChI is InChI=1S/C17H35NOS/c1-5-7-8-11-20(19)16-12-15(17(3,4)6-2)10-9-14(16)13-18/h14-16H,5-13,18H2,1-4H3. The van der Waals surface area contributed by atoms with Gasteiger partial charge in [-0.3, -0.25) is 4.21 Å². The molecule has 20 heavy (non-hydrogen) atoms. The summed E-state index contributed by atoms with van der Waals surface area (Å²) in [4.78, 5) is 0. The van der Waals surface area contributed by atoms with Crippen LogP contribution in [0.3, 0.4) is 0 Å². The summed E-state index contributed by atoms with van der Waals surface area (Å²) in [5.41, 5.74) is 6.32. The Bertz CT molecular complexity index is 303. The van der Waals surface area contributed by atoms with Gasteiger partial charge in [0.05, 0.1) is 0 Å². The van der Waals surface area contributed by atoms with Gasteiger partial charge in [0.2, 0.25) is 0 Å². The molecule has 0 aromatic carbocycles. The van der Waals surface area contributed by atoms with Crippen LogP contribution >= 0.6 is 0 Å². The number of hydrogen-bond donors (Lipinski definition) is 1. The van der Waals surface area contributed by atoms with Crippen molar-refractivity contribution >= 4 is 10.8 Å². The molecule has 0 amide bonds. The molecule has 0 spiro atoms. The highest BCUT2D eigenvalue weighted by Crippen LogP contribution is 2.43. The van der Waals surface area contributed by atoms with Gasteiger partial charge in [0, 0.05) is 21.8 Å². The Morgan fingerprint density at radius 2 is 1.90 bits per heavy atom. The Hall–Kier alpha value is 0.110. The lowest BCUT2D eigenvalue weighted by Gasteiger charge is -2.42. The van der Waals surface area contributed by atoms with E-state index in [1.165, 1.54) is 32.1 Å². The molecule has 1 fully saturated rings. The van der Waals surface area contributed by atoms with E-state index in [4.69, 9.17) is 5.73 Å². The summed E-state index contributed by atoms with van der Waals surface area (Å²) in [5, 5.41) is 0.349. The molecule has 4 atom stereocenters. The fourth-order valence-corrected chi connectivity index (χ4v) is 5.34. The van der Waals surface area contributed by atoms with Gasteiger partial charge in [-0.15, -0.1) is 0 Å². The number of rotatable bonds is 8. The zero-order valence-electron chi connectivity index (χ0n) is 14.0. The highest BCUT2D eigenvalue weighted by Gasteiger charge is 2.38. The predicted molar refractivity (Wildman–Crippen MR) is 90.3 cm³/mol. The molecule has 1 rings (SSSR count). The number of hydrogen-bond acceptors (Lipinski definition) is 2. The van der Waals surface area contributed by atoms with Gasteiger partial charge in [-0.2, -0.15) is 0 Å². The topological polar surface area (TPSA) is 43.1 Å². The van der Waals surface area contributed by atoms with Gasteiger partial charge in [-0.1, -0.05) is 47.0 Å². The van der Waals surface area contributed by atoms with E-state index in [9.17, 15) is 4.21 Å². The minimum atomic E-state index is -0.675. The molecule has 0 aromatic rings. The van der Waals surface area contributed by atoms with Gasteiger partial charge < -0.3 is 5.73 Å². The van der Waals surface area contributed by atoms with E-state index in [0.717, 1.165) is 24.5 Å². The second-order valence-electron chi connectivity index (χ2n) is 7.18. The second kappa shape index (κ2) is 8.53. The molecule has 120 valence electrons. The van der Waals surface area contributed by atoms with E-state index < -0.39 is 10.8 Å². The van der Waals surface area contributed by atoms with Gasteiger partial charge in [-0.25, -0.2) is 0 Å². The molecular weight excluding hydrogens is 266 g/mol. The Morgan fingerprint density at radius 1 is 1.20 bits per heavy atom. The van der Waals surface area contributed by atoms with E-state index in [2.05, 4.69) is 27.7 Å². The third-order valence-corrected chi connectivity index (χ3v) is 7.48. The lowest BCUT2D eigenvalue weighted by Crippen LogP contribution is -2.41. The molecule has 0 aromatic heterocycles. The third kappa shape index (κ3) is 4.84. The molecule has 4 unspecified atom stereocenters. The zero-order valence-corrected chi connectivity index (χ0v) is 14.8. The quantitative estimate of drug-likeness (QED) is 0.686. The molecule has 3 heteroatoms. The molecule has 0 radical (unpaired) electrons. The van der Waals surface area contributed by atoms with Crippen molar-refractivity contribution in [2.75, 3.05) is 12.3 Å². The van der Waals surface area contributed by atoms with Crippen molar-refractivity contribution in [1.29, 1.82) is 0 Å². The monoisotopic (exact) mass is 301 g/mol. The normalized spacial score (nSPS) is 29.4. The van der Waals surface area contributed by atoms with Gasteiger partial charge >= 0.3 is 0 Å². The summed E-state index contributed by atoms with van der Waals surface area (Å²) in [6.07, 6.45) is 8.30. The predicted octanol–water partition coefficient (Wildman–Crippen LogP) is 4.11. The molecule has 2 N–H and O–H groups in total. The largest absolute Gasteiger partial charge is 0.330 e. The van der Waals surface area contributed by atoms with Crippen molar-refractivity contribution in [2.24, 2.45) is 23.0 Å². The maximum absolute atomic E-state index is 12.7.